The quantitative estimate of drug-likeness (QED) is 0.561. The Hall–Kier alpha value is -1.61. The van der Waals surface area contributed by atoms with Crippen molar-refractivity contribution in [3.05, 3.63) is 42.0 Å². The molecule has 0 N–H and O–H groups in total. The van der Waals surface area contributed by atoms with Crippen LogP contribution in [0.1, 0.15) is 38.3 Å². The van der Waals surface area contributed by atoms with Gasteiger partial charge in [-0.05, 0) is 24.0 Å². The molecule has 0 fully saturated rings. The van der Waals surface area contributed by atoms with Crippen molar-refractivity contribution in [1.29, 1.82) is 0 Å². The molecule has 1 rings (SSSR count). The molecule has 0 aliphatic carbocycles. The van der Waals surface area contributed by atoms with Crippen molar-refractivity contribution in [3.8, 4) is 0 Å². The topological polar surface area (TPSA) is 35.5 Å². The molecule has 0 aromatic heterocycles. The molecule has 0 unspecified atom stereocenters. The van der Waals surface area contributed by atoms with Crippen molar-refractivity contribution < 1.29 is 14.3 Å². The van der Waals surface area contributed by atoms with Crippen molar-refractivity contribution >= 4 is 12.0 Å². The second-order valence-corrected chi connectivity index (χ2v) is 4.25. The van der Waals surface area contributed by atoms with Gasteiger partial charge >= 0.3 is 5.97 Å². The van der Waals surface area contributed by atoms with Gasteiger partial charge in [-0.25, -0.2) is 0 Å². The molecule has 0 heterocycles. The monoisotopic (exact) mass is 278 g/mol. The fourth-order valence-corrected chi connectivity index (χ4v) is 1.38. The van der Waals surface area contributed by atoms with Crippen LogP contribution >= 0.6 is 0 Å². The first-order valence-electron chi connectivity index (χ1n) is 7.06. The standard InChI is InChI=1S/C10H12.C7H14O3/c1-3-9-5-7-10(4-2)8-6-9;1-3-4-9-5-6-10-7(2)8/h3,5-8H,1,4H2,2H3;3-6H2,1-2H3. The third-order valence-electron chi connectivity index (χ3n) is 2.51. The van der Waals surface area contributed by atoms with Gasteiger partial charge in [0.2, 0.25) is 0 Å². The van der Waals surface area contributed by atoms with E-state index in [1.807, 2.05) is 13.0 Å². The lowest BCUT2D eigenvalue weighted by Crippen LogP contribution is -2.07. The molecule has 0 spiro atoms. The van der Waals surface area contributed by atoms with Crippen molar-refractivity contribution in [3.63, 3.8) is 0 Å². The van der Waals surface area contributed by atoms with Gasteiger partial charge in [-0.2, -0.15) is 0 Å². The highest BCUT2D eigenvalue weighted by Crippen LogP contribution is 2.05. The highest BCUT2D eigenvalue weighted by Gasteiger charge is 1.90. The summed E-state index contributed by atoms with van der Waals surface area (Å²) in [5, 5.41) is 0. The molecule has 0 radical (unpaired) electrons. The minimum absolute atomic E-state index is 0.250. The smallest absolute Gasteiger partial charge is 0.302 e. The zero-order chi connectivity index (χ0) is 15.2. The summed E-state index contributed by atoms with van der Waals surface area (Å²) in [6.07, 6.45) is 3.97. The Morgan fingerprint density at radius 1 is 1.15 bits per heavy atom. The van der Waals surface area contributed by atoms with Crippen LogP contribution in [-0.4, -0.2) is 25.8 Å². The summed E-state index contributed by atoms with van der Waals surface area (Å²) in [6, 6.07) is 8.45. The summed E-state index contributed by atoms with van der Waals surface area (Å²) >= 11 is 0. The van der Waals surface area contributed by atoms with Crippen LogP contribution in [0.15, 0.2) is 30.8 Å². The van der Waals surface area contributed by atoms with E-state index in [9.17, 15) is 4.79 Å². The lowest BCUT2D eigenvalue weighted by Gasteiger charge is -2.01. The predicted octanol–water partition coefficient (Wildman–Crippen LogP) is 3.87. The predicted molar refractivity (Wildman–Crippen MR) is 83.7 cm³/mol. The van der Waals surface area contributed by atoms with E-state index in [-0.39, 0.29) is 5.97 Å². The number of rotatable bonds is 7. The molecule has 20 heavy (non-hydrogen) atoms. The van der Waals surface area contributed by atoms with E-state index in [0.29, 0.717) is 13.2 Å². The summed E-state index contributed by atoms with van der Waals surface area (Å²) in [7, 11) is 0. The fraction of sp³-hybridized carbons (Fsp3) is 0.471. The van der Waals surface area contributed by atoms with Gasteiger partial charge in [0, 0.05) is 13.5 Å². The van der Waals surface area contributed by atoms with Gasteiger partial charge in [-0.1, -0.05) is 50.8 Å². The second-order valence-electron chi connectivity index (χ2n) is 4.25. The SMILES string of the molecule is C=Cc1ccc(CC)cc1.CCCOCCOC(C)=O. The largest absolute Gasteiger partial charge is 0.463 e. The van der Waals surface area contributed by atoms with E-state index in [2.05, 4.69) is 42.5 Å². The Morgan fingerprint density at radius 2 is 1.80 bits per heavy atom. The number of ether oxygens (including phenoxy) is 2. The number of carbonyl (C=O) groups excluding carboxylic acids is 1. The van der Waals surface area contributed by atoms with Gasteiger partial charge in [-0.3, -0.25) is 4.79 Å². The average molecular weight is 278 g/mol. The molecule has 0 aliphatic rings. The maximum absolute atomic E-state index is 10.2. The average Bonchev–Trinajstić information content (AvgIpc) is 2.47. The van der Waals surface area contributed by atoms with Gasteiger partial charge < -0.3 is 9.47 Å². The Morgan fingerprint density at radius 3 is 2.25 bits per heavy atom. The highest BCUT2D eigenvalue weighted by molar-refractivity contribution is 5.65. The van der Waals surface area contributed by atoms with Gasteiger partial charge in [-0.15, -0.1) is 0 Å². The van der Waals surface area contributed by atoms with E-state index >= 15 is 0 Å². The fourth-order valence-electron chi connectivity index (χ4n) is 1.38. The Kier molecular flexibility index (Phi) is 11.4. The molecule has 1 aromatic carbocycles. The van der Waals surface area contributed by atoms with Gasteiger partial charge in [0.25, 0.3) is 0 Å². The molecule has 0 amide bonds. The van der Waals surface area contributed by atoms with Crippen molar-refractivity contribution in [1.82, 2.24) is 0 Å². The molecule has 0 aliphatic heterocycles. The first kappa shape index (κ1) is 18.4. The number of hydrogen-bond donors (Lipinski definition) is 0. The lowest BCUT2D eigenvalue weighted by atomic mass is 10.1. The van der Waals surface area contributed by atoms with Crippen molar-refractivity contribution in [2.45, 2.75) is 33.6 Å². The highest BCUT2D eigenvalue weighted by atomic mass is 16.6. The van der Waals surface area contributed by atoms with E-state index in [0.717, 1.165) is 19.4 Å². The van der Waals surface area contributed by atoms with Crippen LogP contribution in [0.3, 0.4) is 0 Å². The first-order valence-corrected chi connectivity index (χ1v) is 7.06. The third-order valence-corrected chi connectivity index (χ3v) is 2.51. The van der Waals surface area contributed by atoms with Gasteiger partial charge in [0.1, 0.15) is 6.61 Å². The van der Waals surface area contributed by atoms with Crippen LogP contribution in [0.25, 0.3) is 6.08 Å². The second kappa shape index (κ2) is 12.4. The maximum atomic E-state index is 10.2. The summed E-state index contributed by atoms with van der Waals surface area (Å²) in [5.74, 6) is -0.250. The van der Waals surface area contributed by atoms with E-state index < -0.39 is 0 Å². The molecular formula is C17H26O3. The molecule has 0 saturated heterocycles. The molecular weight excluding hydrogens is 252 g/mol. The molecule has 3 nitrogen and oxygen atoms in total. The summed E-state index contributed by atoms with van der Waals surface area (Å²) < 4.78 is 9.68. The zero-order valence-electron chi connectivity index (χ0n) is 12.9. The maximum Gasteiger partial charge on any atom is 0.302 e. The summed E-state index contributed by atoms with van der Waals surface area (Å²) in [6.45, 7) is 10.9. The summed E-state index contributed by atoms with van der Waals surface area (Å²) in [5.41, 5.74) is 2.57. The van der Waals surface area contributed by atoms with E-state index in [4.69, 9.17) is 4.74 Å². The van der Waals surface area contributed by atoms with Crippen LogP contribution in [0.2, 0.25) is 0 Å². The molecule has 112 valence electrons. The minimum Gasteiger partial charge on any atom is -0.463 e. The van der Waals surface area contributed by atoms with E-state index in [1.54, 1.807) is 0 Å². The molecule has 0 atom stereocenters. The van der Waals surface area contributed by atoms with Crippen LogP contribution < -0.4 is 0 Å². The minimum atomic E-state index is -0.250. The molecule has 3 heteroatoms. The van der Waals surface area contributed by atoms with Gasteiger partial charge in [0.15, 0.2) is 0 Å². The Bertz CT molecular complexity index is 368. The summed E-state index contributed by atoms with van der Waals surface area (Å²) in [4.78, 5) is 10.2. The third kappa shape index (κ3) is 10.3. The zero-order valence-corrected chi connectivity index (χ0v) is 12.9. The molecule has 1 aromatic rings. The number of aryl methyl sites for hydroxylation is 1. The van der Waals surface area contributed by atoms with E-state index in [1.165, 1.54) is 18.1 Å². The lowest BCUT2D eigenvalue weighted by molar-refractivity contribution is -0.142. The van der Waals surface area contributed by atoms with Crippen LogP contribution in [0.4, 0.5) is 0 Å². The first-order chi connectivity index (χ1) is 9.63. The number of carbonyl (C=O) groups is 1. The van der Waals surface area contributed by atoms with Crippen molar-refractivity contribution in [2.75, 3.05) is 19.8 Å². The van der Waals surface area contributed by atoms with Crippen LogP contribution in [0.5, 0.6) is 0 Å². The normalized spacial score (nSPS) is 9.35. The molecule has 0 bridgehead atoms. The Balaban J connectivity index is 0.000000361. The number of benzene rings is 1. The Labute approximate surface area is 122 Å². The van der Waals surface area contributed by atoms with Gasteiger partial charge in [0.05, 0.1) is 6.61 Å². The number of esters is 1. The van der Waals surface area contributed by atoms with Crippen LogP contribution in [0, 0.1) is 0 Å². The number of hydrogen-bond acceptors (Lipinski definition) is 3. The molecule has 0 saturated carbocycles. The van der Waals surface area contributed by atoms with Crippen LogP contribution in [-0.2, 0) is 20.7 Å². The van der Waals surface area contributed by atoms with Crippen molar-refractivity contribution in [2.24, 2.45) is 0 Å².